The van der Waals surface area contributed by atoms with Crippen LogP contribution >= 0.6 is 12.2 Å². The number of fused-ring (bicyclic) bond motifs is 1. The van der Waals surface area contributed by atoms with Crippen LogP contribution in [0.4, 0.5) is 0 Å². The van der Waals surface area contributed by atoms with Gasteiger partial charge in [-0.3, -0.25) is 9.47 Å². The Hall–Kier alpha value is -2.04. The third-order valence-electron chi connectivity index (χ3n) is 6.38. The summed E-state index contributed by atoms with van der Waals surface area (Å²) >= 11 is 5.51. The Kier molecular flexibility index (Phi) is 6.18. The van der Waals surface area contributed by atoms with Gasteiger partial charge in [0.25, 0.3) is 4.84 Å². The second kappa shape index (κ2) is 9.07. The molecular formula is C23H27N3O4S2. The summed E-state index contributed by atoms with van der Waals surface area (Å²) in [4.78, 5) is 3.05. The molecule has 0 saturated carbocycles. The largest absolute Gasteiger partial charge is 0.429 e. The van der Waals surface area contributed by atoms with Gasteiger partial charge in [-0.15, -0.1) is 0 Å². The van der Waals surface area contributed by atoms with Crippen molar-refractivity contribution in [2.75, 3.05) is 32.8 Å². The highest BCUT2D eigenvalue weighted by Gasteiger charge is 2.28. The molecule has 32 heavy (non-hydrogen) atoms. The van der Waals surface area contributed by atoms with E-state index in [1.807, 2.05) is 10.6 Å². The number of oxazole rings is 1. The van der Waals surface area contributed by atoms with Crippen molar-refractivity contribution < 1.29 is 17.6 Å². The van der Waals surface area contributed by atoms with Crippen molar-refractivity contribution >= 4 is 33.3 Å². The van der Waals surface area contributed by atoms with Crippen LogP contribution in [-0.4, -0.2) is 61.1 Å². The fraction of sp³-hybridized carbons (Fsp3) is 0.435. The van der Waals surface area contributed by atoms with Crippen LogP contribution in [0.5, 0.6) is 0 Å². The lowest BCUT2D eigenvalue weighted by atomic mass is 10.0. The third-order valence-corrected chi connectivity index (χ3v) is 8.58. The Labute approximate surface area is 193 Å². The summed E-state index contributed by atoms with van der Waals surface area (Å²) in [6.07, 6.45) is 3.26. The maximum absolute atomic E-state index is 13.1. The van der Waals surface area contributed by atoms with E-state index < -0.39 is 10.0 Å². The lowest BCUT2D eigenvalue weighted by Crippen LogP contribution is -2.40. The highest BCUT2D eigenvalue weighted by Crippen LogP contribution is 2.27. The fourth-order valence-electron chi connectivity index (χ4n) is 4.65. The molecule has 1 unspecified atom stereocenters. The number of ether oxygens (including phenoxy) is 1. The van der Waals surface area contributed by atoms with Crippen LogP contribution in [-0.2, 0) is 27.8 Å². The minimum atomic E-state index is -3.59. The molecule has 0 aliphatic carbocycles. The van der Waals surface area contributed by atoms with Crippen molar-refractivity contribution in [1.82, 2.24) is 13.8 Å². The molecule has 2 aromatic carbocycles. The molecule has 0 radical (unpaired) electrons. The van der Waals surface area contributed by atoms with E-state index in [-0.39, 0.29) is 4.90 Å². The average molecular weight is 474 g/mol. The van der Waals surface area contributed by atoms with Gasteiger partial charge in [-0.2, -0.15) is 4.31 Å². The number of aromatic nitrogens is 1. The minimum Gasteiger partial charge on any atom is -0.429 e. The molecule has 3 aromatic rings. The topological polar surface area (TPSA) is 67.9 Å². The summed E-state index contributed by atoms with van der Waals surface area (Å²) in [5, 5.41) is 0. The summed E-state index contributed by atoms with van der Waals surface area (Å²) in [5.74, 6) is 0. The molecular weight excluding hydrogens is 446 g/mol. The van der Waals surface area contributed by atoms with E-state index in [1.165, 1.54) is 9.87 Å². The summed E-state index contributed by atoms with van der Waals surface area (Å²) in [5.41, 5.74) is 2.65. The maximum Gasteiger partial charge on any atom is 0.270 e. The number of sulfonamides is 1. The molecule has 7 nitrogen and oxygen atoms in total. The Morgan fingerprint density at radius 1 is 1.03 bits per heavy atom. The molecule has 0 amide bonds. The molecule has 2 fully saturated rings. The van der Waals surface area contributed by atoms with Gasteiger partial charge in [-0.1, -0.05) is 30.3 Å². The van der Waals surface area contributed by atoms with Gasteiger partial charge < -0.3 is 9.15 Å². The smallest absolute Gasteiger partial charge is 0.270 e. The van der Waals surface area contributed by atoms with Crippen molar-refractivity contribution in [3.8, 4) is 0 Å². The Morgan fingerprint density at radius 2 is 1.81 bits per heavy atom. The van der Waals surface area contributed by atoms with Crippen LogP contribution < -0.4 is 0 Å². The second-order valence-electron chi connectivity index (χ2n) is 8.38. The molecule has 2 aliphatic rings. The van der Waals surface area contributed by atoms with Gasteiger partial charge in [0.05, 0.1) is 30.3 Å². The summed E-state index contributed by atoms with van der Waals surface area (Å²) in [7, 11) is -3.59. The number of morpholine rings is 1. The van der Waals surface area contributed by atoms with Crippen molar-refractivity contribution in [2.24, 2.45) is 0 Å². The lowest BCUT2D eigenvalue weighted by Gasteiger charge is -2.26. The van der Waals surface area contributed by atoms with Crippen LogP contribution in [0.2, 0.25) is 0 Å². The van der Waals surface area contributed by atoms with Gasteiger partial charge in [-0.05, 0) is 55.2 Å². The minimum absolute atomic E-state index is 0.263. The Bertz CT molecular complexity index is 1250. The van der Waals surface area contributed by atoms with Crippen molar-refractivity contribution in [3.63, 3.8) is 0 Å². The van der Waals surface area contributed by atoms with Crippen molar-refractivity contribution in [2.45, 2.75) is 36.9 Å². The summed E-state index contributed by atoms with van der Waals surface area (Å²) in [6, 6.07) is 15.9. The van der Waals surface area contributed by atoms with Crippen LogP contribution in [0.1, 0.15) is 18.4 Å². The molecule has 0 bridgehead atoms. The molecule has 170 valence electrons. The second-order valence-corrected chi connectivity index (χ2v) is 10.7. The number of nitrogens with zero attached hydrogens (tertiary/aromatic N) is 3. The Balaban J connectivity index is 1.43. The lowest BCUT2D eigenvalue weighted by molar-refractivity contribution is 0.0730. The van der Waals surface area contributed by atoms with E-state index in [0.717, 1.165) is 31.3 Å². The molecule has 3 heterocycles. The number of benzene rings is 2. The molecule has 9 heteroatoms. The maximum atomic E-state index is 13.1. The molecule has 1 aromatic heterocycles. The van der Waals surface area contributed by atoms with Crippen LogP contribution in [0.25, 0.3) is 11.1 Å². The van der Waals surface area contributed by atoms with Crippen LogP contribution in [0.15, 0.2) is 57.8 Å². The first-order chi connectivity index (χ1) is 15.5. The van der Waals surface area contributed by atoms with Crippen molar-refractivity contribution in [3.05, 3.63) is 58.9 Å². The number of likely N-dealkylation sites (tertiary alicyclic amines) is 1. The highest BCUT2D eigenvalue weighted by molar-refractivity contribution is 7.89. The van der Waals surface area contributed by atoms with E-state index in [2.05, 4.69) is 29.2 Å². The quantitative estimate of drug-likeness (QED) is 0.509. The zero-order valence-corrected chi connectivity index (χ0v) is 19.5. The van der Waals surface area contributed by atoms with Gasteiger partial charge in [0, 0.05) is 25.7 Å². The fourth-order valence-corrected chi connectivity index (χ4v) is 6.33. The predicted molar refractivity (Wildman–Crippen MR) is 124 cm³/mol. The molecule has 2 aliphatic heterocycles. The van der Waals surface area contributed by atoms with Crippen LogP contribution in [0, 0.1) is 4.84 Å². The monoisotopic (exact) mass is 473 g/mol. The van der Waals surface area contributed by atoms with Gasteiger partial charge in [0.15, 0.2) is 5.58 Å². The highest BCUT2D eigenvalue weighted by atomic mass is 32.2. The summed E-state index contributed by atoms with van der Waals surface area (Å²) in [6.45, 7) is 3.14. The number of hydrogen-bond donors (Lipinski definition) is 0. The first-order valence-electron chi connectivity index (χ1n) is 11.0. The SMILES string of the molecule is O=S(=O)(c1ccc2oc(=S)n(CN3CCCC3Cc3ccccc3)c2c1)N1CCOCC1. The summed E-state index contributed by atoms with van der Waals surface area (Å²) < 4.78 is 40.8. The van der Waals surface area contributed by atoms with E-state index in [4.69, 9.17) is 21.4 Å². The van der Waals surface area contributed by atoms with Gasteiger partial charge >= 0.3 is 0 Å². The van der Waals surface area contributed by atoms with Crippen LogP contribution in [0.3, 0.4) is 0 Å². The number of hydrogen-bond acceptors (Lipinski definition) is 6. The standard InChI is InChI=1S/C23H27N3O4S2/c27-32(28,25-11-13-29-14-12-25)20-8-9-22-21(16-20)26(23(31)30-22)17-24-10-4-7-19(24)15-18-5-2-1-3-6-18/h1-3,5-6,8-9,16,19H,4,7,10-15,17H2. The zero-order valence-electron chi connectivity index (χ0n) is 17.9. The number of rotatable bonds is 6. The first-order valence-corrected chi connectivity index (χ1v) is 12.9. The molecule has 5 rings (SSSR count). The van der Waals surface area contributed by atoms with E-state index in [1.54, 1.807) is 18.2 Å². The van der Waals surface area contributed by atoms with E-state index in [9.17, 15) is 8.42 Å². The molecule has 2 saturated heterocycles. The van der Waals surface area contributed by atoms with Gasteiger partial charge in [0.2, 0.25) is 10.0 Å². The molecule has 1 atom stereocenters. The average Bonchev–Trinajstić information content (AvgIpc) is 3.38. The van der Waals surface area contributed by atoms with Gasteiger partial charge in [0.1, 0.15) is 0 Å². The van der Waals surface area contributed by atoms with E-state index in [0.29, 0.717) is 49.4 Å². The van der Waals surface area contributed by atoms with E-state index >= 15 is 0 Å². The Morgan fingerprint density at radius 3 is 2.59 bits per heavy atom. The normalized spacial score (nSPS) is 20.8. The first kappa shape index (κ1) is 21.8. The van der Waals surface area contributed by atoms with Crippen molar-refractivity contribution in [1.29, 1.82) is 0 Å². The third kappa shape index (κ3) is 4.27. The molecule has 0 N–H and O–H groups in total. The van der Waals surface area contributed by atoms with Gasteiger partial charge in [-0.25, -0.2) is 8.42 Å². The zero-order chi connectivity index (χ0) is 22.1. The molecule has 0 spiro atoms. The predicted octanol–water partition coefficient (Wildman–Crippen LogP) is 3.65.